The van der Waals surface area contributed by atoms with E-state index in [0.717, 1.165) is 19.5 Å². The number of thiophene rings is 1. The van der Waals surface area contributed by atoms with Gasteiger partial charge >= 0.3 is 0 Å². The van der Waals surface area contributed by atoms with Gasteiger partial charge in [-0.1, -0.05) is 0 Å². The van der Waals surface area contributed by atoms with E-state index in [-0.39, 0.29) is 11.9 Å². The molecule has 0 unspecified atom stereocenters. The molecule has 0 radical (unpaired) electrons. The van der Waals surface area contributed by atoms with Crippen LogP contribution in [0.4, 0.5) is 0 Å². The average molecular weight is 318 g/mol. The van der Waals surface area contributed by atoms with Crippen molar-refractivity contribution < 1.29 is 4.79 Å². The summed E-state index contributed by atoms with van der Waals surface area (Å²) in [5, 5.41) is 9.34. The number of fused-ring (bicyclic) bond motifs is 1. The number of nitrogens with one attached hydrogen (secondary N) is 1. The molecule has 2 atom stereocenters. The van der Waals surface area contributed by atoms with Crippen molar-refractivity contribution in [3.63, 3.8) is 0 Å². The van der Waals surface area contributed by atoms with Gasteiger partial charge in [0, 0.05) is 42.9 Å². The van der Waals surface area contributed by atoms with Gasteiger partial charge in [-0.05, 0) is 43.3 Å². The molecule has 0 saturated heterocycles. The molecular formula is C16H22N4OS. The second-order valence-corrected chi connectivity index (χ2v) is 6.85. The standard InChI is InChI=1S/C16H22N4OS/c1-12(19-8-4-15-14(11-19)5-9-22-15)10-17-16(21)13(2)20-7-3-6-18-20/h3,5-7,9,12-13H,4,8,10-11H2,1-2H3,(H,17,21)/t12-,13-/m1/s1. The Morgan fingerprint density at radius 3 is 3.14 bits per heavy atom. The number of carbonyl (C=O) groups excluding carboxylic acids is 1. The molecule has 118 valence electrons. The van der Waals surface area contributed by atoms with Gasteiger partial charge in [-0.3, -0.25) is 14.4 Å². The van der Waals surface area contributed by atoms with Crippen LogP contribution in [0, 0.1) is 0 Å². The lowest BCUT2D eigenvalue weighted by Gasteiger charge is -2.32. The largest absolute Gasteiger partial charge is 0.353 e. The minimum atomic E-state index is -0.271. The summed E-state index contributed by atoms with van der Waals surface area (Å²) in [6.07, 6.45) is 4.63. The number of hydrogen-bond acceptors (Lipinski definition) is 4. The molecule has 5 nitrogen and oxygen atoms in total. The van der Waals surface area contributed by atoms with Crippen LogP contribution in [0.1, 0.15) is 30.3 Å². The van der Waals surface area contributed by atoms with Crippen molar-refractivity contribution in [3.05, 3.63) is 40.3 Å². The monoisotopic (exact) mass is 318 g/mol. The van der Waals surface area contributed by atoms with Gasteiger partial charge in [0.15, 0.2) is 0 Å². The van der Waals surface area contributed by atoms with E-state index >= 15 is 0 Å². The van der Waals surface area contributed by atoms with E-state index in [0.29, 0.717) is 12.6 Å². The quantitative estimate of drug-likeness (QED) is 0.918. The third kappa shape index (κ3) is 3.23. The SMILES string of the molecule is C[C@H](CNC(=O)[C@@H](C)n1cccn1)N1CCc2sccc2C1. The van der Waals surface area contributed by atoms with Crippen molar-refractivity contribution in [3.8, 4) is 0 Å². The molecule has 0 spiro atoms. The van der Waals surface area contributed by atoms with E-state index in [4.69, 9.17) is 0 Å². The van der Waals surface area contributed by atoms with Crippen molar-refractivity contribution in [2.75, 3.05) is 13.1 Å². The van der Waals surface area contributed by atoms with E-state index in [2.05, 4.69) is 33.7 Å². The van der Waals surface area contributed by atoms with Crippen LogP contribution >= 0.6 is 11.3 Å². The fourth-order valence-corrected chi connectivity index (χ4v) is 3.69. The minimum Gasteiger partial charge on any atom is -0.353 e. The zero-order chi connectivity index (χ0) is 15.5. The zero-order valence-electron chi connectivity index (χ0n) is 13.0. The summed E-state index contributed by atoms with van der Waals surface area (Å²) in [5.41, 5.74) is 1.44. The van der Waals surface area contributed by atoms with E-state index in [1.54, 1.807) is 10.9 Å². The van der Waals surface area contributed by atoms with E-state index in [1.807, 2.05) is 30.5 Å². The number of rotatable bonds is 5. The van der Waals surface area contributed by atoms with Gasteiger partial charge < -0.3 is 5.32 Å². The first-order valence-electron chi connectivity index (χ1n) is 7.71. The molecule has 1 aliphatic heterocycles. The molecule has 3 heterocycles. The molecule has 3 rings (SSSR count). The van der Waals surface area contributed by atoms with Gasteiger partial charge in [0.25, 0.3) is 0 Å². The lowest BCUT2D eigenvalue weighted by Crippen LogP contribution is -2.45. The molecule has 1 amide bonds. The predicted molar refractivity (Wildman–Crippen MR) is 87.8 cm³/mol. The normalized spacial score (nSPS) is 17.7. The van der Waals surface area contributed by atoms with Crippen LogP contribution in [0.2, 0.25) is 0 Å². The van der Waals surface area contributed by atoms with Crippen LogP contribution in [-0.2, 0) is 17.8 Å². The second-order valence-electron chi connectivity index (χ2n) is 5.85. The van der Waals surface area contributed by atoms with Gasteiger partial charge in [0.05, 0.1) is 0 Å². The topological polar surface area (TPSA) is 50.2 Å². The van der Waals surface area contributed by atoms with Gasteiger partial charge in [-0.25, -0.2) is 0 Å². The summed E-state index contributed by atoms with van der Waals surface area (Å²) in [4.78, 5) is 16.1. The van der Waals surface area contributed by atoms with E-state index in [9.17, 15) is 4.79 Å². The Morgan fingerprint density at radius 2 is 2.36 bits per heavy atom. The highest BCUT2D eigenvalue weighted by Gasteiger charge is 2.22. The third-order valence-corrected chi connectivity index (χ3v) is 5.36. The first kappa shape index (κ1) is 15.2. The predicted octanol–water partition coefficient (Wildman–Crippen LogP) is 2.07. The Labute approximate surface area is 134 Å². The highest BCUT2D eigenvalue weighted by Crippen LogP contribution is 2.24. The maximum Gasteiger partial charge on any atom is 0.244 e. The summed E-state index contributed by atoms with van der Waals surface area (Å²) < 4.78 is 1.68. The Balaban J connectivity index is 1.50. The zero-order valence-corrected chi connectivity index (χ0v) is 13.8. The van der Waals surface area contributed by atoms with Gasteiger partial charge in [-0.15, -0.1) is 11.3 Å². The summed E-state index contributed by atoms with van der Waals surface area (Å²) in [6, 6.07) is 4.12. The number of aromatic nitrogens is 2. The summed E-state index contributed by atoms with van der Waals surface area (Å²) in [7, 11) is 0. The number of hydrogen-bond donors (Lipinski definition) is 1. The molecular weight excluding hydrogens is 296 g/mol. The molecule has 6 heteroatoms. The van der Waals surface area contributed by atoms with Crippen molar-refractivity contribution in [2.24, 2.45) is 0 Å². The molecule has 22 heavy (non-hydrogen) atoms. The second kappa shape index (κ2) is 6.62. The van der Waals surface area contributed by atoms with Crippen LogP contribution in [-0.4, -0.2) is 39.7 Å². The Kier molecular flexibility index (Phi) is 4.59. The van der Waals surface area contributed by atoms with E-state index in [1.165, 1.54) is 10.4 Å². The van der Waals surface area contributed by atoms with Crippen LogP contribution < -0.4 is 5.32 Å². The van der Waals surface area contributed by atoms with Crippen LogP contribution in [0.5, 0.6) is 0 Å². The minimum absolute atomic E-state index is 0.0174. The molecule has 2 aromatic rings. The first-order valence-corrected chi connectivity index (χ1v) is 8.59. The molecule has 0 aliphatic carbocycles. The maximum atomic E-state index is 12.2. The number of amides is 1. The van der Waals surface area contributed by atoms with Crippen LogP contribution in [0.15, 0.2) is 29.9 Å². The summed E-state index contributed by atoms with van der Waals surface area (Å²) in [5.74, 6) is 0.0174. The molecule has 0 aromatic carbocycles. The third-order valence-electron chi connectivity index (χ3n) is 4.33. The van der Waals surface area contributed by atoms with Crippen molar-refractivity contribution in [2.45, 2.75) is 38.9 Å². The highest BCUT2D eigenvalue weighted by molar-refractivity contribution is 7.10. The van der Waals surface area contributed by atoms with Crippen molar-refractivity contribution >= 4 is 17.2 Å². The van der Waals surface area contributed by atoms with Crippen LogP contribution in [0.25, 0.3) is 0 Å². The average Bonchev–Trinajstić information content (AvgIpc) is 3.21. The molecule has 0 saturated carbocycles. The smallest absolute Gasteiger partial charge is 0.244 e. The van der Waals surface area contributed by atoms with Crippen molar-refractivity contribution in [1.29, 1.82) is 0 Å². The van der Waals surface area contributed by atoms with Gasteiger partial charge in [0.2, 0.25) is 5.91 Å². The molecule has 1 aliphatic rings. The summed E-state index contributed by atoms with van der Waals surface area (Å²) in [6.45, 7) is 6.77. The Hall–Kier alpha value is -1.66. The molecule has 1 N–H and O–H groups in total. The first-order chi connectivity index (χ1) is 10.6. The molecule has 0 bridgehead atoms. The van der Waals surface area contributed by atoms with Crippen LogP contribution in [0.3, 0.4) is 0 Å². The lowest BCUT2D eigenvalue weighted by atomic mass is 10.1. The van der Waals surface area contributed by atoms with Gasteiger partial charge in [-0.2, -0.15) is 5.10 Å². The fourth-order valence-electron chi connectivity index (χ4n) is 2.80. The molecule has 2 aromatic heterocycles. The number of carbonyl (C=O) groups is 1. The summed E-state index contributed by atoms with van der Waals surface area (Å²) >= 11 is 1.85. The fraction of sp³-hybridized carbons (Fsp3) is 0.500. The number of nitrogens with zero attached hydrogens (tertiary/aromatic N) is 3. The lowest BCUT2D eigenvalue weighted by molar-refractivity contribution is -0.124. The molecule has 0 fully saturated rings. The van der Waals surface area contributed by atoms with Gasteiger partial charge in [0.1, 0.15) is 6.04 Å². The highest BCUT2D eigenvalue weighted by atomic mass is 32.1. The Bertz CT molecular complexity index is 622. The van der Waals surface area contributed by atoms with Crippen molar-refractivity contribution in [1.82, 2.24) is 20.0 Å². The van der Waals surface area contributed by atoms with E-state index < -0.39 is 0 Å². The maximum absolute atomic E-state index is 12.2. The Morgan fingerprint density at radius 1 is 1.50 bits per heavy atom.